The minimum atomic E-state index is -0.420. The molecular formula is C33H34O2. The molecule has 2 heteroatoms. The number of rotatable bonds is 6. The molecule has 0 bridgehead atoms. The predicted octanol–water partition coefficient (Wildman–Crippen LogP) is 8.08. The molecule has 0 aliphatic heterocycles. The summed E-state index contributed by atoms with van der Waals surface area (Å²) < 4.78 is 11.6. The van der Waals surface area contributed by atoms with Crippen LogP contribution < -0.4 is 9.47 Å². The van der Waals surface area contributed by atoms with Crippen molar-refractivity contribution >= 4 is 0 Å². The zero-order chi connectivity index (χ0) is 24.7. The molecule has 1 aliphatic carbocycles. The minimum Gasteiger partial charge on any atom is -0.494 e. The van der Waals surface area contributed by atoms with E-state index in [0.29, 0.717) is 13.2 Å². The molecular weight excluding hydrogens is 428 g/mol. The summed E-state index contributed by atoms with van der Waals surface area (Å²) in [5, 5.41) is 0. The lowest BCUT2D eigenvalue weighted by molar-refractivity contribution is 0.340. The van der Waals surface area contributed by atoms with E-state index >= 15 is 0 Å². The molecule has 35 heavy (non-hydrogen) atoms. The number of ether oxygens (including phenoxy) is 2. The molecule has 0 unspecified atom stereocenters. The van der Waals surface area contributed by atoms with Crippen LogP contribution in [0.4, 0.5) is 0 Å². The molecule has 1 aliphatic rings. The summed E-state index contributed by atoms with van der Waals surface area (Å²) in [4.78, 5) is 0. The molecule has 0 radical (unpaired) electrons. The van der Waals surface area contributed by atoms with Gasteiger partial charge in [0, 0.05) is 0 Å². The second kappa shape index (κ2) is 8.92. The first kappa shape index (κ1) is 23.2. The Bertz CT molecular complexity index is 1270. The Morgan fingerprint density at radius 1 is 0.514 bits per heavy atom. The fourth-order valence-electron chi connectivity index (χ4n) is 5.57. The van der Waals surface area contributed by atoms with E-state index in [9.17, 15) is 0 Å². The fourth-order valence-corrected chi connectivity index (χ4v) is 5.57. The van der Waals surface area contributed by atoms with Crippen LogP contribution >= 0.6 is 0 Å². The normalized spacial score (nSPS) is 13.3. The van der Waals surface area contributed by atoms with Gasteiger partial charge in [0.05, 0.1) is 18.6 Å². The maximum atomic E-state index is 5.80. The van der Waals surface area contributed by atoms with Gasteiger partial charge < -0.3 is 9.47 Å². The van der Waals surface area contributed by atoms with Gasteiger partial charge in [0.2, 0.25) is 0 Å². The Morgan fingerprint density at radius 3 is 1.20 bits per heavy atom. The first-order valence-electron chi connectivity index (χ1n) is 12.6. The van der Waals surface area contributed by atoms with Gasteiger partial charge in [0.25, 0.3) is 0 Å². The number of benzene rings is 4. The number of hydrogen-bond donors (Lipinski definition) is 0. The van der Waals surface area contributed by atoms with Crippen LogP contribution in [0.3, 0.4) is 0 Å². The van der Waals surface area contributed by atoms with Gasteiger partial charge in [-0.3, -0.25) is 0 Å². The summed E-state index contributed by atoms with van der Waals surface area (Å²) >= 11 is 0. The van der Waals surface area contributed by atoms with Crippen LogP contribution in [0.25, 0.3) is 11.1 Å². The van der Waals surface area contributed by atoms with E-state index < -0.39 is 5.41 Å². The smallest absolute Gasteiger partial charge is 0.119 e. The van der Waals surface area contributed by atoms with Gasteiger partial charge in [-0.1, -0.05) is 48.5 Å². The summed E-state index contributed by atoms with van der Waals surface area (Å²) in [6.07, 6.45) is 0. The molecule has 178 valence electrons. The SMILES string of the molecule is CCOc1ccc(C2(c3ccc(OCC)cc3)c3cc(C)c(C)cc3-c3cc(C)c(C)cc32)cc1. The van der Waals surface area contributed by atoms with Crippen molar-refractivity contribution < 1.29 is 9.47 Å². The molecule has 0 aromatic heterocycles. The molecule has 0 fully saturated rings. The predicted molar refractivity (Wildman–Crippen MR) is 145 cm³/mol. The van der Waals surface area contributed by atoms with Gasteiger partial charge >= 0.3 is 0 Å². The molecule has 0 saturated carbocycles. The molecule has 4 aromatic rings. The quantitative estimate of drug-likeness (QED) is 0.254. The maximum Gasteiger partial charge on any atom is 0.119 e. The zero-order valence-corrected chi connectivity index (χ0v) is 21.7. The van der Waals surface area contributed by atoms with Gasteiger partial charge in [0.1, 0.15) is 11.5 Å². The Labute approximate surface area is 209 Å². The van der Waals surface area contributed by atoms with E-state index in [-0.39, 0.29) is 0 Å². The van der Waals surface area contributed by atoms with Crippen molar-refractivity contribution in [3.05, 3.63) is 117 Å². The van der Waals surface area contributed by atoms with Crippen molar-refractivity contribution in [1.82, 2.24) is 0 Å². The van der Waals surface area contributed by atoms with Crippen LogP contribution in [0.5, 0.6) is 11.5 Å². The lowest BCUT2D eigenvalue weighted by atomic mass is 9.67. The second-order valence-corrected chi connectivity index (χ2v) is 9.63. The summed E-state index contributed by atoms with van der Waals surface area (Å²) in [5.41, 5.74) is 12.7. The first-order chi connectivity index (χ1) is 16.9. The molecule has 0 N–H and O–H groups in total. The lowest BCUT2D eigenvalue weighted by Gasteiger charge is -2.34. The van der Waals surface area contributed by atoms with Crippen LogP contribution in [0.1, 0.15) is 58.4 Å². The van der Waals surface area contributed by atoms with Crippen molar-refractivity contribution in [3.8, 4) is 22.6 Å². The van der Waals surface area contributed by atoms with Crippen LogP contribution in [-0.2, 0) is 5.41 Å². The summed E-state index contributed by atoms with van der Waals surface area (Å²) in [5.74, 6) is 1.80. The van der Waals surface area contributed by atoms with E-state index in [1.54, 1.807) is 0 Å². The Morgan fingerprint density at radius 2 is 0.857 bits per heavy atom. The third-order valence-electron chi connectivity index (χ3n) is 7.56. The third-order valence-corrected chi connectivity index (χ3v) is 7.56. The van der Waals surface area contributed by atoms with Gasteiger partial charge in [-0.15, -0.1) is 0 Å². The van der Waals surface area contributed by atoms with E-state index in [0.717, 1.165) is 11.5 Å². The third kappa shape index (κ3) is 3.63. The average molecular weight is 463 g/mol. The van der Waals surface area contributed by atoms with E-state index in [2.05, 4.69) is 100 Å². The zero-order valence-electron chi connectivity index (χ0n) is 21.7. The second-order valence-electron chi connectivity index (χ2n) is 9.63. The van der Waals surface area contributed by atoms with Gasteiger partial charge in [-0.2, -0.15) is 0 Å². The molecule has 5 rings (SSSR count). The average Bonchev–Trinajstić information content (AvgIpc) is 3.10. The van der Waals surface area contributed by atoms with E-state index in [4.69, 9.17) is 9.47 Å². The number of fused-ring (bicyclic) bond motifs is 3. The maximum absolute atomic E-state index is 5.80. The van der Waals surface area contributed by atoms with Crippen LogP contribution in [0.15, 0.2) is 72.8 Å². The summed E-state index contributed by atoms with van der Waals surface area (Å²) in [6, 6.07) is 27.0. The van der Waals surface area contributed by atoms with E-state index in [1.165, 1.54) is 55.6 Å². The van der Waals surface area contributed by atoms with Crippen molar-refractivity contribution in [1.29, 1.82) is 0 Å². The van der Waals surface area contributed by atoms with Gasteiger partial charge in [-0.25, -0.2) is 0 Å². The highest BCUT2D eigenvalue weighted by atomic mass is 16.5. The first-order valence-corrected chi connectivity index (χ1v) is 12.6. The van der Waals surface area contributed by atoms with Gasteiger partial charge in [-0.05, 0) is 121 Å². The van der Waals surface area contributed by atoms with Crippen molar-refractivity contribution in [2.24, 2.45) is 0 Å². The molecule has 0 atom stereocenters. The Kier molecular flexibility index (Phi) is 5.92. The topological polar surface area (TPSA) is 18.5 Å². The van der Waals surface area contributed by atoms with Crippen molar-refractivity contribution in [2.75, 3.05) is 13.2 Å². The van der Waals surface area contributed by atoms with E-state index in [1.807, 2.05) is 13.8 Å². The number of aryl methyl sites for hydroxylation is 4. The summed E-state index contributed by atoms with van der Waals surface area (Å²) in [7, 11) is 0. The Hall–Kier alpha value is -3.52. The monoisotopic (exact) mass is 462 g/mol. The number of hydrogen-bond acceptors (Lipinski definition) is 2. The van der Waals surface area contributed by atoms with Crippen LogP contribution in [0, 0.1) is 27.7 Å². The van der Waals surface area contributed by atoms with Crippen molar-refractivity contribution in [2.45, 2.75) is 47.0 Å². The molecule has 0 amide bonds. The highest BCUT2D eigenvalue weighted by Gasteiger charge is 2.46. The van der Waals surface area contributed by atoms with Crippen LogP contribution in [0.2, 0.25) is 0 Å². The summed E-state index contributed by atoms with van der Waals surface area (Å²) in [6.45, 7) is 14.2. The highest BCUT2D eigenvalue weighted by molar-refractivity contribution is 5.87. The molecule has 0 saturated heterocycles. The Balaban J connectivity index is 1.88. The standard InChI is InChI=1S/C33H34O2/c1-7-34-27-13-9-25(10-14-27)33(26-11-15-28(16-12-26)35-8-2)31-19-23(5)21(3)17-29(31)30-18-22(4)24(6)20-32(30)33/h9-20H,7-8H2,1-6H3. The molecule has 0 heterocycles. The molecule has 2 nitrogen and oxygen atoms in total. The van der Waals surface area contributed by atoms with Gasteiger partial charge in [0.15, 0.2) is 0 Å². The highest BCUT2D eigenvalue weighted by Crippen LogP contribution is 2.57. The molecule has 4 aromatic carbocycles. The fraction of sp³-hybridized carbons (Fsp3) is 0.273. The minimum absolute atomic E-state index is 0.420. The van der Waals surface area contributed by atoms with Crippen LogP contribution in [-0.4, -0.2) is 13.2 Å². The lowest BCUT2D eigenvalue weighted by Crippen LogP contribution is -2.29. The molecule has 0 spiro atoms. The van der Waals surface area contributed by atoms with Crippen molar-refractivity contribution in [3.63, 3.8) is 0 Å². The largest absolute Gasteiger partial charge is 0.494 e.